The summed E-state index contributed by atoms with van der Waals surface area (Å²) >= 11 is 0. The molecule has 0 saturated heterocycles. The SMILES string of the molecule is C[Si](C)(O)O[Si](C)(O)CCCCOc1ccc(-c2ccc(C#N)cc2)cc1. The van der Waals surface area contributed by atoms with E-state index in [4.69, 9.17) is 14.1 Å². The summed E-state index contributed by atoms with van der Waals surface area (Å²) in [7, 11) is -5.47. The van der Waals surface area contributed by atoms with Crippen LogP contribution in [0.4, 0.5) is 0 Å². The molecule has 0 heterocycles. The number of hydrogen-bond donors (Lipinski definition) is 2. The number of rotatable bonds is 9. The Morgan fingerprint density at radius 3 is 1.96 bits per heavy atom. The predicted molar refractivity (Wildman–Crippen MR) is 111 cm³/mol. The van der Waals surface area contributed by atoms with E-state index in [0.717, 1.165) is 29.7 Å². The Morgan fingerprint density at radius 2 is 1.44 bits per heavy atom. The Hall–Kier alpha value is -1.96. The van der Waals surface area contributed by atoms with E-state index in [2.05, 4.69) is 6.07 Å². The molecule has 2 aromatic carbocycles. The van der Waals surface area contributed by atoms with Crippen LogP contribution >= 0.6 is 0 Å². The first kappa shape index (κ1) is 21.3. The zero-order chi connectivity index (χ0) is 19.9. The van der Waals surface area contributed by atoms with E-state index >= 15 is 0 Å². The van der Waals surface area contributed by atoms with Crippen LogP contribution in [0.25, 0.3) is 11.1 Å². The smallest absolute Gasteiger partial charge is 0.323 e. The van der Waals surface area contributed by atoms with Crippen LogP contribution in [0.15, 0.2) is 48.5 Å². The summed E-state index contributed by atoms with van der Waals surface area (Å²) < 4.78 is 11.2. The monoisotopic (exact) mass is 401 g/mol. The van der Waals surface area contributed by atoms with Crippen molar-refractivity contribution < 1.29 is 18.4 Å². The third-order valence-corrected chi connectivity index (χ3v) is 9.01. The van der Waals surface area contributed by atoms with Gasteiger partial charge in [0.05, 0.1) is 18.2 Å². The minimum atomic E-state index is -2.78. The predicted octanol–water partition coefficient (Wildman–Crippen LogP) is 4.16. The van der Waals surface area contributed by atoms with E-state index < -0.39 is 17.1 Å². The Labute approximate surface area is 163 Å². The van der Waals surface area contributed by atoms with Gasteiger partial charge in [-0.05, 0) is 73.9 Å². The summed E-state index contributed by atoms with van der Waals surface area (Å²) in [5, 5.41) is 8.86. The number of nitrogens with zero attached hydrogens (tertiary/aromatic N) is 1. The normalized spacial score (nSPS) is 13.6. The Balaban J connectivity index is 1.76. The molecule has 0 saturated carbocycles. The van der Waals surface area contributed by atoms with Crippen LogP contribution in [-0.2, 0) is 4.12 Å². The van der Waals surface area contributed by atoms with Crippen molar-refractivity contribution in [2.24, 2.45) is 0 Å². The molecule has 0 fully saturated rings. The fourth-order valence-electron chi connectivity index (χ4n) is 2.82. The fraction of sp³-hybridized carbons (Fsp3) is 0.350. The van der Waals surface area contributed by atoms with E-state index in [9.17, 15) is 9.59 Å². The standard InChI is InChI=1S/C20H27NO4Si2/c1-26(2,22)25-27(3,23)15-5-4-14-24-20-12-10-19(11-13-20)18-8-6-17(16-21)7-9-18/h6-13,22-23H,4-5,14-15H2,1-3H3. The maximum Gasteiger partial charge on any atom is 0.323 e. The Morgan fingerprint density at radius 1 is 0.889 bits per heavy atom. The minimum absolute atomic E-state index is 0.570. The first-order chi connectivity index (χ1) is 12.7. The van der Waals surface area contributed by atoms with Crippen molar-refractivity contribution in [1.29, 1.82) is 5.26 Å². The topological polar surface area (TPSA) is 82.7 Å². The lowest BCUT2D eigenvalue weighted by atomic mass is 10.0. The molecular formula is C20H27NO4Si2. The second-order valence-electron chi connectivity index (χ2n) is 7.24. The molecule has 7 heteroatoms. The number of unbranched alkanes of at least 4 members (excludes halogenated alkanes) is 1. The third-order valence-electron chi connectivity index (χ3n) is 3.97. The molecule has 144 valence electrons. The van der Waals surface area contributed by atoms with Crippen LogP contribution in [0.3, 0.4) is 0 Å². The summed E-state index contributed by atoms with van der Waals surface area (Å²) in [6, 6.07) is 18.0. The highest BCUT2D eigenvalue weighted by Crippen LogP contribution is 2.23. The highest BCUT2D eigenvalue weighted by molar-refractivity contribution is 6.78. The zero-order valence-electron chi connectivity index (χ0n) is 16.1. The van der Waals surface area contributed by atoms with Gasteiger partial charge in [-0.2, -0.15) is 5.26 Å². The second kappa shape index (κ2) is 9.30. The van der Waals surface area contributed by atoms with Gasteiger partial charge in [0.1, 0.15) is 5.75 Å². The molecular weight excluding hydrogens is 374 g/mol. The molecule has 0 spiro atoms. The number of ether oxygens (including phenoxy) is 1. The molecule has 1 atom stereocenters. The van der Waals surface area contributed by atoms with Crippen LogP contribution in [0.5, 0.6) is 5.75 Å². The highest BCUT2D eigenvalue weighted by Gasteiger charge is 2.34. The lowest BCUT2D eigenvalue weighted by molar-refractivity contribution is 0.296. The lowest BCUT2D eigenvalue weighted by Gasteiger charge is -2.27. The molecule has 2 N–H and O–H groups in total. The van der Waals surface area contributed by atoms with Crippen molar-refractivity contribution in [3.8, 4) is 22.9 Å². The second-order valence-corrected chi connectivity index (χ2v) is 13.8. The van der Waals surface area contributed by atoms with Gasteiger partial charge in [0.15, 0.2) is 0 Å². The number of hydrogen-bond acceptors (Lipinski definition) is 5. The summed E-state index contributed by atoms with van der Waals surface area (Å²) in [6.07, 6.45) is 1.62. The lowest BCUT2D eigenvalue weighted by Crippen LogP contribution is -2.46. The Bertz CT molecular complexity index is 763. The minimum Gasteiger partial charge on any atom is -0.494 e. The molecule has 0 amide bonds. The fourth-order valence-corrected chi connectivity index (χ4v) is 8.43. The molecule has 2 rings (SSSR count). The van der Waals surface area contributed by atoms with E-state index in [0.29, 0.717) is 18.2 Å². The highest BCUT2D eigenvalue weighted by atomic mass is 28.5. The van der Waals surface area contributed by atoms with Gasteiger partial charge < -0.3 is 18.4 Å². The van der Waals surface area contributed by atoms with Gasteiger partial charge in [-0.15, -0.1) is 0 Å². The number of benzene rings is 2. The van der Waals surface area contributed by atoms with Crippen LogP contribution in [0.1, 0.15) is 18.4 Å². The van der Waals surface area contributed by atoms with Crippen LogP contribution in [0, 0.1) is 11.3 Å². The molecule has 0 aliphatic heterocycles. The first-order valence-electron chi connectivity index (χ1n) is 9.07. The van der Waals surface area contributed by atoms with E-state index in [-0.39, 0.29) is 0 Å². The zero-order valence-corrected chi connectivity index (χ0v) is 18.1. The molecule has 0 radical (unpaired) electrons. The van der Waals surface area contributed by atoms with Gasteiger partial charge in [-0.3, -0.25) is 0 Å². The van der Waals surface area contributed by atoms with Gasteiger partial charge >= 0.3 is 17.1 Å². The van der Waals surface area contributed by atoms with Crippen molar-refractivity contribution in [1.82, 2.24) is 0 Å². The summed E-state index contributed by atoms with van der Waals surface area (Å²) in [5.74, 6) is 0.802. The Kier molecular flexibility index (Phi) is 7.36. The largest absolute Gasteiger partial charge is 0.494 e. The molecule has 0 bridgehead atoms. The van der Waals surface area contributed by atoms with E-state index in [1.54, 1.807) is 19.6 Å². The summed E-state index contributed by atoms with van der Waals surface area (Å²) in [4.78, 5) is 20.1. The summed E-state index contributed by atoms with van der Waals surface area (Å²) in [6.45, 7) is 5.62. The molecule has 0 aromatic heterocycles. The number of nitriles is 1. The third kappa shape index (κ3) is 7.66. The van der Waals surface area contributed by atoms with E-state index in [1.807, 2.05) is 48.5 Å². The van der Waals surface area contributed by atoms with Gasteiger partial charge in [0.2, 0.25) is 0 Å². The molecule has 27 heavy (non-hydrogen) atoms. The maximum absolute atomic E-state index is 10.3. The van der Waals surface area contributed by atoms with Crippen molar-refractivity contribution in [3.05, 3.63) is 54.1 Å². The molecule has 0 aliphatic rings. The van der Waals surface area contributed by atoms with Crippen molar-refractivity contribution in [2.75, 3.05) is 6.61 Å². The average molecular weight is 402 g/mol. The molecule has 5 nitrogen and oxygen atoms in total. The average Bonchev–Trinajstić information content (AvgIpc) is 2.60. The quantitative estimate of drug-likeness (QED) is 0.487. The molecule has 0 aliphatic carbocycles. The van der Waals surface area contributed by atoms with Gasteiger partial charge in [0.25, 0.3) is 0 Å². The van der Waals surface area contributed by atoms with Crippen LogP contribution < -0.4 is 4.74 Å². The maximum atomic E-state index is 10.3. The van der Waals surface area contributed by atoms with Crippen LogP contribution in [0.2, 0.25) is 25.7 Å². The van der Waals surface area contributed by atoms with Crippen molar-refractivity contribution in [2.45, 2.75) is 38.5 Å². The van der Waals surface area contributed by atoms with Gasteiger partial charge in [-0.25, -0.2) is 0 Å². The van der Waals surface area contributed by atoms with Crippen LogP contribution in [-0.4, -0.2) is 33.3 Å². The molecule has 1 unspecified atom stereocenters. The summed E-state index contributed by atoms with van der Waals surface area (Å²) in [5.41, 5.74) is 2.78. The van der Waals surface area contributed by atoms with Crippen molar-refractivity contribution >= 4 is 17.1 Å². The van der Waals surface area contributed by atoms with Crippen molar-refractivity contribution in [3.63, 3.8) is 0 Å². The van der Waals surface area contributed by atoms with E-state index in [1.165, 1.54) is 0 Å². The first-order valence-corrected chi connectivity index (χ1v) is 14.5. The molecule has 2 aromatic rings. The van der Waals surface area contributed by atoms with Gasteiger partial charge in [0, 0.05) is 0 Å². The van der Waals surface area contributed by atoms with Gasteiger partial charge in [-0.1, -0.05) is 24.3 Å².